The lowest BCUT2D eigenvalue weighted by molar-refractivity contribution is 0.103. The van der Waals surface area contributed by atoms with E-state index in [2.05, 4.69) is 0 Å². The van der Waals surface area contributed by atoms with Gasteiger partial charge in [0.25, 0.3) is 0 Å². The van der Waals surface area contributed by atoms with Gasteiger partial charge in [0.15, 0.2) is 5.78 Å². The zero-order chi connectivity index (χ0) is 12.4. The summed E-state index contributed by atoms with van der Waals surface area (Å²) in [4.78, 5) is 11.9. The first kappa shape index (κ1) is 11.5. The number of carbonyl (C=O) groups is 1. The molecule has 0 aliphatic rings. The molecule has 0 aliphatic heterocycles. The standard InChI is InChI=1S/C14H10F2O/c1-9-2-7-12(13(16)8-9)14(17)10-3-5-11(15)6-4-10/h2-8H,1H3. The van der Waals surface area contributed by atoms with E-state index in [1.54, 1.807) is 13.0 Å². The summed E-state index contributed by atoms with van der Waals surface area (Å²) in [5.74, 6) is -1.42. The van der Waals surface area contributed by atoms with Crippen LogP contribution in [0.1, 0.15) is 21.5 Å². The van der Waals surface area contributed by atoms with Crippen LogP contribution in [0.15, 0.2) is 42.5 Å². The van der Waals surface area contributed by atoms with Gasteiger partial charge in [-0.2, -0.15) is 0 Å². The van der Waals surface area contributed by atoms with E-state index in [4.69, 9.17) is 0 Å². The van der Waals surface area contributed by atoms with Gasteiger partial charge in [-0.05, 0) is 48.9 Å². The van der Waals surface area contributed by atoms with Crippen molar-refractivity contribution in [3.8, 4) is 0 Å². The van der Waals surface area contributed by atoms with Gasteiger partial charge in [0, 0.05) is 5.56 Å². The Balaban J connectivity index is 2.40. The van der Waals surface area contributed by atoms with Gasteiger partial charge in [0.1, 0.15) is 11.6 Å². The highest BCUT2D eigenvalue weighted by molar-refractivity contribution is 6.09. The zero-order valence-corrected chi connectivity index (χ0v) is 9.21. The van der Waals surface area contributed by atoms with Crippen LogP contribution in [-0.4, -0.2) is 5.78 Å². The second-order valence-corrected chi connectivity index (χ2v) is 3.82. The average Bonchev–Trinajstić information content (AvgIpc) is 2.29. The SMILES string of the molecule is Cc1ccc(C(=O)c2ccc(F)cc2)c(F)c1. The maximum absolute atomic E-state index is 13.6. The fourth-order valence-corrected chi connectivity index (χ4v) is 1.56. The number of carbonyl (C=O) groups excluding carboxylic acids is 1. The van der Waals surface area contributed by atoms with Gasteiger partial charge in [0.05, 0.1) is 5.56 Å². The fourth-order valence-electron chi connectivity index (χ4n) is 1.56. The van der Waals surface area contributed by atoms with Crippen LogP contribution in [0.2, 0.25) is 0 Å². The predicted molar refractivity (Wildman–Crippen MR) is 61.0 cm³/mol. The molecule has 0 radical (unpaired) electrons. The molecule has 0 aliphatic carbocycles. The van der Waals surface area contributed by atoms with Crippen molar-refractivity contribution in [1.82, 2.24) is 0 Å². The first-order chi connectivity index (χ1) is 8.08. The maximum Gasteiger partial charge on any atom is 0.195 e. The Morgan fingerprint density at radius 1 is 1.00 bits per heavy atom. The predicted octanol–water partition coefficient (Wildman–Crippen LogP) is 3.50. The molecule has 2 aromatic carbocycles. The third-order valence-electron chi connectivity index (χ3n) is 2.48. The van der Waals surface area contributed by atoms with Crippen LogP contribution < -0.4 is 0 Å². The van der Waals surface area contributed by atoms with E-state index >= 15 is 0 Å². The minimum absolute atomic E-state index is 0.00204. The molecule has 0 atom stereocenters. The van der Waals surface area contributed by atoms with Crippen LogP contribution in [0.4, 0.5) is 8.78 Å². The monoisotopic (exact) mass is 232 g/mol. The molecule has 3 heteroatoms. The lowest BCUT2D eigenvalue weighted by Crippen LogP contribution is -2.04. The minimum atomic E-state index is -0.556. The molecule has 0 fully saturated rings. The number of benzene rings is 2. The van der Waals surface area contributed by atoms with Crippen molar-refractivity contribution in [2.45, 2.75) is 6.92 Å². The first-order valence-electron chi connectivity index (χ1n) is 5.14. The Hall–Kier alpha value is -2.03. The van der Waals surface area contributed by atoms with Crippen LogP contribution >= 0.6 is 0 Å². The number of ketones is 1. The van der Waals surface area contributed by atoms with Crippen molar-refractivity contribution in [1.29, 1.82) is 0 Å². The van der Waals surface area contributed by atoms with E-state index in [1.807, 2.05) is 0 Å². The molecule has 1 nitrogen and oxygen atoms in total. The summed E-state index contributed by atoms with van der Waals surface area (Å²) in [5, 5.41) is 0. The summed E-state index contributed by atoms with van der Waals surface area (Å²) >= 11 is 0. The summed E-state index contributed by atoms with van der Waals surface area (Å²) in [6.07, 6.45) is 0. The molecule has 0 saturated carbocycles. The molecule has 0 amide bonds. The quantitative estimate of drug-likeness (QED) is 0.724. The van der Waals surface area contributed by atoms with Crippen molar-refractivity contribution >= 4 is 5.78 Å². The maximum atomic E-state index is 13.6. The van der Waals surface area contributed by atoms with Crippen LogP contribution in [0, 0.1) is 18.6 Å². The van der Waals surface area contributed by atoms with E-state index < -0.39 is 17.4 Å². The summed E-state index contributed by atoms with van der Waals surface area (Å²) in [5.41, 5.74) is 1.02. The molecule has 0 bridgehead atoms. The van der Waals surface area contributed by atoms with Gasteiger partial charge in [-0.1, -0.05) is 6.07 Å². The fraction of sp³-hybridized carbons (Fsp3) is 0.0714. The lowest BCUT2D eigenvalue weighted by Gasteiger charge is -2.03. The van der Waals surface area contributed by atoms with Gasteiger partial charge >= 0.3 is 0 Å². The molecular formula is C14H10F2O. The summed E-state index contributed by atoms with van der Waals surface area (Å²) in [6, 6.07) is 9.46. The molecule has 2 rings (SSSR count). The Labute approximate surface area is 97.7 Å². The van der Waals surface area contributed by atoms with Crippen LogP contribution in [0.25, 0.3) is 0 Å². The van der Waals surface area contributed by atoms with Crippen molar-refractivity contribution in [3.05, 3.63) is 70.8 Å². The molecule has 0 unspecified atom stereocenters. The molecule has 86 valence electrons. The van der Waals surface area contributed by atoms with Crippen molar-refractivity contribution in [2.75, 3.05) is 0 Å². The second-order valence-electron chi connectivity index (χ2n) is 3.82. The van der Waals surface area contributed by atoms with E-state index in [-0.39, 0.29) is 11.1 Å². The zero-order valence-electron chi connectivity index (χ0n) is 9.21. The number of hydrogen-bond donors (Lipinski definition) is 0. The van der Waals surface area contributed by atoms with Gasteiger partial charge in [-0.25, -0.2) is 8.78 Å². The molecule has 0 saturated heterocycles. The number of aryl methyl sites for hydroxylation is 1. The van der Waals surface area contributed by atoms with E-state index in [0.29, 0.717) is 0 Å². The van der Waals surface area contributed by atoms with Gasteiger partial charge in [-0.15, -0.1) is 0 Å². The Kier molecular flexibility index (Phi) is 3.00. The summed E-state index contributed by atoms with van der Waals surface area (Å²) in [7, 11) is 0. The van der Waals surface area contributed by atoms with Crippen LogP contribution in [0.5, 0.6) is 0 Å². The first-order valence-corrected chi connectivity index (χ1v) is 5.14. The highest BCUT2D eigenvalue weighted by Crippen LogP contribution is 2.15. The molecule has 0 spiro atoms. The molecule has 17 heavy (non-hydrogen) atoms. The number of hydrogen-bond acceptors (Lipinski definition) is 1. The highest BCUT2D eigenvalue weighted by atomic mass is 19.1. The number of rotatable bonds is 2. The van der Waals surface area contributed by atoms with Crippen LogP contribution in [-0.2, 0) is 0 Å². The van der Waals surface area contributed by atoms with Crippen molar-refractivity contribution < 1.29 is 13.6 Å². The van der Waals surface area contributed by atoms with E-state index in [0.717, 1.165) is 5.56 Å². The topological polar surface area (TPSA) is 17.1 Å². The molecular weight excluding hydrogens is 222 g/mol. The van der Waals surface area contributed by atoms with Crippen molar-refractivity contribution in [3.63, 3.8) is 0 Å². The van der Waals surface area contributed by atoms with Crippen molar-refractivity contribution in [2.24, 2.45) is 0 Å². The third kappa shape index (κ3) is 2.38. The smallest absolute Gasteiger partial charge is 0.195 e. The van der Waals surface area contributed by atoms with Gasteiger partial charge in [0.2, 0.25) is 0 Å². The minimum Gasteiger partial charge on any atom is -0.288 e. The highest BCUT2D eigenvalue weighted by Gasteiger charge is 2.13. The normalized spacial score (nSPS) is 10.3. The number of halogens is 2. The third-order valence-corrected chi connectivity index (χ3v) is 2.48. The molecule has 0 heterocycles. The van der Waals surface area contributed by atoms with E-state index in [9.17, 15) is 13.6 Å². The second kappa shape index (κ2) is 4.45. The van der Waals surface area contributed by atoms with Gasteiger partial charge < -0.3 is 0 Å². The van der Waals surface area contributed by atoms with Crippen LogP contribution in [0.3, 0.4) is 0 Å². The average molecular weight is 232 g/mol. The van der Waals surface area contributed by atoms with E-state index in [1.165, 1.54) is 36.4 Å². The Bertz CT molecular complexity index is 559. The largest absolute Gasteiger partial charge is 0.288 e. The molecule has 0 aromatic heterocycles. The van der Waals surface area contributed by atoms with Gasteiger partial charge in [-0.3, -0.25) is 4.79 Å². The Morgan fingerprint density at radius 3 is 2.24 bits per heavy atom. The lowest BCUT2D eigenvalue weighted by atomic mass is 10.0. The summed E-state index contributed by atoms with van der Waals surface area (Å²) < 4.78 is 26.3. The Morgan fingerprint density at radius 2 is 1.65 bits per heavy atom. The summed E-state index contributed by atoms with van der Waals surface area (Å²) in [6.45, 7) is 1.75. The molecule has 2 aromatic rings. The molecule has 0 N–H and O–H groups in total.